The largest absolute Gasteiger partial charge is 0.438 e. The highest BCUT2D eigenvalue weighted by molar-refractivity contribution is 6.29. The molecule has 0 fully saturated rings. The first-order valence-corrected chi connectivity index (χ1v) is 5.88. The molecule has 0 amide bonds. The van der Waals surface area contributed by atoms with E-state index in [4.69, 9.17) is 26.9 Å². The highest BCUT2D eigenvalue weighted by atomic mass is 35.5. The van der Waals surface area contributed by atoms with Crippen molar-refractivity contribution >= 4 is 17.7 Å². The Morgan fingerprint density at radius 2 is 1.75 bits per heavy atom. The van der Waals surface area contributed by atoms with E-state index >= 15 is 0 Å². The van der Waals surface area contributed by atoms with E-state index in [-0.39, 0.29) is 5.57 Å². The number of aromatic nitrogens is 2. The van der Waals surface area contributed by atoms with Crippen LogP contribution < -0.4 is 4.74 Å². The van der Waals surface area contributed by atoms with Gasteiger partial charge in [-0.15, -0.1) is 10.2 Å². The molecule has 2 rings (SSSR count). The fourth-order valence-electron chi connectivity index (χ4n) is 1.37. The molecular formula is C14H7ClN4O. The number of benzene rings is 1. The van der Waals surface area contributed by atoms with Gasteiger partial charge in [0.1, 0.15) is 23.5 Å². The second-order valence-corrected chi connectivity index (χ2v) is 4.03. The molecule has 0 bridgehead atoms. The first kappa shape index (κ1) is 13.5. The van der Waals surface area contributed by atoms with E-state index in [0.717, 1.165) is 5.56 Å². The Labute approximate surface area is 120 Å². The Hall–Kier alpha value is -2.89. The second kappa shape index (κ2) is 6.33. The lowest BCUT2D eigenvalue weighted by atomic mass is 10.1. The summed E-state index contributed by atoms with van der Waals surface area (Å²) in [6.07, 6.45) is 1.49. The van der Waals surface area contributed by atoms with Crippen LogP contribution in [0.3, 0.4) is 0 Å². The van der Waals surface area contributed by atoms with Gasteiger partial charge in [-0.2, -0.15) is 10.5 Å². The summed E-state index contributed by atoms with van der Waals surface area (Å²) in [6.45, 7) is 0. The average molecular weight is 283 g/mol. The standard InChI is InChI=1S/C14H7ClN4O/c15-13-5-6-14(19-18-13)20-12-3-1-10(2-4-12)7-11(8-16)9-17/h1-7H. The molecule has 0 spiro atoms. The minimum atomic E-state index is 0.0437. The summed E-state index contributed by atoms with van der Waals surface area (Å²) >= 11 is 5.62. The third-order valence-electron chi connectivity index (χ3n) is 2.26. The fraction of sp³-hybridized carbons (Fsp3) is 0. The predicted octanol–water partition coefficient (Wildman–Crippen LogP) is 3.35. The third-order valence-corrected chi connectivity index (χ3v) is 2.46. The molecule has 0 aliphatic carbocycles. The first-order valence-electron chi connectivity index (χ1n) is 5.50. The van der Waals surface area contributed by atoms with Gasteiger partial charge in [-0.1, -0.05) is 23.7 Å². The zero-order valence-electron chi connectivity index (χ0n) is 10.1. The van der Waals surface area contributed by atoms with Crippen molar-refractivity contribution in [1.82, 2.24) is 10.2 Å². The quantitative estimate of drug-likeness (QED) is 0.806. The summed E-state index contributed by atoms with van der Waals surface area (Å²) in [6, 6.07) is 13.6. The molecule has 1 aromatic carbocycles. The van der Waals surface area contributed by atoms with Crippen LogP contribution in [0.25, 0.3) is 6.08 Å². The molecule has 0 saturated heterocycles. The summed E-state index contributed by atoms with van der Waals surface area (Å²) in [5.41, 5.74) is 0.778. The molecule has 6 heteroatoms. The van der Waals surface area contributed by atoms with Gasteiger partial charge in [0.05, 0.1) is 0 Å². The van der Waals surface area contributed by atoms with Crippen molar-refractivity contribution in [2.75, 3.05) is 0 Å². The monoisotopic (exact) mass is 282 g/mol. The molecule has 20 heavy (non-hydrogen) atoms. The zero-order chi connectivity index (χ0) is 14.4. The number of nitrogens with zero attached hydrogens (tertiary/aromatic N) is 4. The van der Waals surface area contributed by atoms with E-state index in [9.17, 15) is 0 Å². The molecule has 0 aliphatic heterocycles. The molecule has 5 nitrogen and oxygen atoms in total. The Morgan fingerprint density at radius 1 is 1.05 bits per heavy atom. The van der Waals surface area contributed by atoms with Gasteiger partial charge in [-0.3, -0.25) is 0 Å². The maximum Gasteiger partial charge on any atom is 0.238 e. The molecule has 96 valence electrons. The van der Waals surface area contributed by atoms with Gasteiger partial charge < -0.3 is 4.74 Å². The van der Waals surface area contributed by atoms with Gasteiger partial charge in [0.2, 0.25) is 5.88 Å². The lowest BCUT2D eigenvalue weighted by Gasteiger charge is -2.03. The molecule has 0 aliphatic rings. The van der Waals surface area contributed by atoms with Crippen LogP contribution in [0.4, 0.5) is 0 Å². The number of rotatable bonds is 3. The highest BCUT2D eigenvalue weighted by Crippen LogP contribution is 2.20. The van der Waals surface area contributed by atoms with E-state index < -0.39 is 0 Å². The average Bonchev–Trinajstić information content (AvgIpc) is 2.49. The lowest BCUT2D eigenvalue weighted by molar-refractivity contribution is 0.455. The molecule has 0 N–H and O–H groups in total. The highest BCUT2D eigenvalue weighted by Gasteiger charge is 2.00. The summed E-state index contributed by atoms with van der Waals surface area (Å²) < 4.78 is 5.46. The Kier molecular flexibility index (Phi) is 4.28. The van der Waals surface area contributed by atoms with Crippen molar-refractivity contribution in [1.29, 1.82) is 10.5 Å². The van der Waals surface area contributed by atoms with E-state index in [1.54, 1.807) is 48.5 Å². The zero-order valence-corrected chi connectivity index (χ0v) is 10.9. The number of ether oxygens (including phenoxy) is 1. The van der Waals surface area contributed by atoms with Crippen LogP contribution >= 0.6 is 11.6 Å². The van der Waals surface area contributed by atoms with E-state index in [2.05, 4.69) is 10.2 Å². The summed E-state index contributed by atoms with van der Waals surface area (Å²) in [4.78, 5) is 0. The molecule has 1 aromatic heterocycles. The molecule has 0 radical (unpaired) electrons. The van der Waals surface area contributed by atoms with Crippen molar-refractivity contribution in [3.63, 3.8) is 0 Å². The van der Waals surface area contributed by atoms with Gasteiger partial charge in [0.25, 0.3) is 0 Å². The second-order valence-electron chi connectivity index (χ2n) is 3.65. The summed E-state index contributed by atoms with van der Waals surface area (Å²) in [5.74, 6) is 0.890. The Morgan fingerprint density at radius 3 is 2.30 bits per heavy atom. The number of hydrogen-bond acceptors (Lipinski definition) is 5. The lowest BCUT2D eigenvalue weighted by Crippen LogP contribution is -1.90. The molecule has 1 heterocycles. The molecule has 0 unspecified atom stereocenters. The van der Waals surface area contributed by atoms with Gasteiger partial charge in [-0.25, -0.2) is 0 Å². The van der Waals surface area contributed by atoms with Crippen molar-refractivity contribution in [3.05, 3.63) is 52.7 Å². The van der Waals surface area contributed by atoms with Crippen LogP contribution in [0.2, 0.25) is 5.15 Å². The predicted molar refractivity (Wildman–Crippen MR) is 72.8 cm³/mol. The molecule has 0 saturated carbocycles. The van der Waals surface area contributed by atoms with Crippen LogP contribution in [0.5, 0.6) is 11.6 Å². The summed E-state index contributed by atoms with van der Waals surface area (Å²) in [7, 11) is 0. The van der Waals surface area contributed by atoms with E-state index in [1.165, 1.54) is 6.08 Å². The topological polar surface area (TPSA) is 82.6 Å². The minimum Gasteiger partial charge on any atom is -0.438 e. The van der Waals surface area contributed by atoms with Crippen LogP contribution in [0.1, 0.15) is 5.56 Å². The normalized spacial score (nSPS) is 9.15. The third kappa shape index (κ3) is 3.55. The summed E-state index contributed by atoms with van der Waals surface area (Å²) in [5, 5.41) is 25.1. The van der Waals surface area contributed by atoms with Gasteiger partial charge in [0, 0.05) is 6.07 Å². The maximum atomic E-state index is 8.67. The number of nitriles is 2. The van der Waals surface area contributed by atoms with Crippen molar-refractivity contribution < 1.29 is 4.74 Å². The molecule has 0 atom stereocenters. The number of halogens is 1. The first-order chi connectivity index (χ1) is 9.71. The van der Waals surface area contributed by atoms with Crippen LogP contribution in [-0.2, 0) is 0 Å². The number of hydrogen-bond donors (Lipinski definition) is 0. The van der Waals surface area contributed by atoms with E-state index in [1.807, 2.05) is 0 Å². The van der Waals surface area contributed by atoms with E-state index in [0.29, 0.717) is 16.8 Å². The fourth-order valence-corrected chi connectivity index (χ4v) is 1.47. The van der Waals surface area contributed by atoms with Crippen LogP contribution in [0.15, 0.2) is 42.0 Å². The Bertz CT molecular complexity index is 693. The molecule has 2 aromatic rings. The maximum absolute atomic E-state index is 8.67. The SMILES string of the molecule is N#CC(C#N)=Cc1ccc(Oc2ccc(Cl)nn2)cc1. The van der Waals surface area contributed by atoms with Gasteiger partial charge in [0.15, 0.2) is 5.15 Å². The van der Waals surface area contributed by atoms with Gasteiger partial charge in [-0.05, 0) is 29.8 Å². The van der Waals surface area contributed by atoms with Crippen molar-refractivity contribution in [2.24, 2.45) is 0 Å². The molecular weight excluding hydrogens is 276 g/mol. The van der Waals surface area contributed by atoms with Crippen molar-refractivity contribution in [3.8, 4) is 23.8 Å². The number of allylic oxidation sites excluding steroid dienone is 1. The Balaban J connectivity index is 2.13. The van der Waals surface area contributed by atoms with Crippen LogP contribution in [-0.4, -0.2) is 10.2 Å². The van der Waals surface area contributed by atoms with Gasteiger partial charge >= 0.3 is 0 Å². The van der Waals surface area contributed by atoms with Crippen LogP contribution in [0, 0.1) is 22.7 Å². The minimum absolute atomic E-state index is 0.0437. The van der Waals surface area contributed by atoms with Crippen molar-refractivity contribution in [2.45, 2.75) is 0 Å². The smallest absolute Gasteiger partial charge is 0.238 e.